The van der Waals surface area contributed by atoms with Crippen molar-refractivity contribution < 1.29 is 4.52 Å². The molecular formula is C14H15N5O. The van der Waals surface area contributed by atoms with Crippen LogP contribution in [0.1, 0.15) is 17.0 Å². The Balaban J connectivity index is 1.59. The Morgan fingerprint density at radius 2 is 2.05 bits per heavy atom. The maximum Gasteiger partial charge on any atom is 0.321 e. The van der Waals surface area contributed by atoms with E-state index in [0.717, 1.165) is 12.1 Å². The van der Waals surface area contributed by atoms with Gasteiger partial charge in [0.2, 0.25) is 0 Å². The van der Waals surface area contributed by atoms with Crippen molar-refractivity contribution in [3.8, 4) is 0 Å². The van der Waals surface area contributed by atoms with E-state index in [1.165, 1.54) is 5.56 Å². The highest BCUT2D eigenvalue weighted by Gasteiger charge is 2.03. The largest absolute Gasteiger partial charge is 0.334 e. The molecule has 6 nitrogen and oxygen atoms in total. The molecule has 0 saturated heterocycles. The zero-order valence-corrected chi connectivity index (χ0v) is 11.2. The van der Waals surface area contributed by atoms with Gasteiger partial charge >= 0.3 is 6.01 Å². The van der Waals surface area contributed by atoms with Crippen LogP contribution in [0.2, 0.25) is 0 Å². The number of anilines is 1. The van der Waals surface area contributed by atoms with Crippen molar-refractivity contribution >= 4 is 6.01 Å². The predicted octanol–water partition coefficient (Wildman–Crippen LogP) is 2.23. The van der Waals surface area contributed by atoms with E-state index < -0.39 is 0 Å². The SMILES string of the molecule is Cc1noc(NCc2cnn(Cc3ccccc3)c2)n1. The van der Waals surface area contributed by atoms with Gasteiger partial charge in [0.1, 0.15) is 0 Å². The van der Waals surface area contributed by atoms with E-state index in [-0.39, 0.29) is 0 Å². The van der Waals surface area contributed by atoms with Crippen molar-refractivity contribution in [3.05, 3.63) is 59.7 Å². The fourth-order valence-electron chi connectivity index (χ4n) is 1.90. The van der Waals surface area contributed by atoms with E-state index in [2.05, 4.69) is 32.7 Å². The predicted molar refractivity (Wildman–Crippen MR) is 74.1 cm³/mol. The molecule has 0 aliphatic rings. The zero-order valence-electron chi connectivity index (χ0n) is 11.2. The molecule has 6 heteroatoms. The van der Waals surface area contributed by atoms with Gasteiger partial charge in [-0.15, -0.1) is 0 Å². The molecule has 0 spiro atoms. The fourth-order valence-corrected chi connectivity index (χ4v) is 1.90. The first-order valence-electron chi connectivity index (χ1n) is 6.39. The van der Waals surface area contributed by atoms with Crippen molar-refractivity contribution in [3.63, 3.8) is 0 Å². The van der Waals surface area contributed by atoms with E-state index in [9.17, 15) is 0 Å². The smallest absolute Gasteiger partial charge is 0.321 e. The van der Waals surface area contributed by atoms with E-state index >= 15 is 0 Å². The van der Waals surface area contributed by atoms with E-state index in [0.29, 0.717) is 18.4 Å². The standard InChI is InChI=1S/C14H15N5O/c1-11-17-14(20-18-11)15-7-13-8-16-19(10-13)9-12-5-3-2-4-6-12/h2-6,8,10H,7,9H2,1H3,(H,15,17,18). The van der Waals surface area contributed by atoms with Gasteiger partial charge in [0, 0.05) is 18.3 Å². The number of aromatic nitrogens is 4. The maximum atomic E-state index is 4.99. The second-order valence-corrected chi connectivity index (χ2v) is 4.53. The molecule has 0 aliphatic heterocycles. The Morgan fingerprint density at radius 1 is 1.20 bits per heavy atom. The van der Waals surface area contributed by atoms with Crippen molar-refractivity contribution in [2.45, 2.75) is 20.0 Å². The average Bonchev–Trinajstić information content (AvgIpc) is 3.07. The molecule has 1 aromatic carbocycles. The van der Waals surface area contributed by atoms with Crippen molar-refractivity contribution in [2.24, 2.45) is 0 Å². The van der Waals surface area contributed by atoms with Gasteiger partial charge < -0.3 is 9.84 Å². The number of hydrogen-bond donors (Lipinski definition) is 1. The molecule has 1 N–H and O–H groups in total. The summed E-state index contributed by atoms with van der Waals surface area (Å²) in [6.07, 6.45) is 3.84. The molecule has 0 unspecified atom stereocenters. The lowest BCUT2D eigenvalue weighted by molar-refractivity contribution is 0.425. The molecule has 0 fully saturated rings. The van der Waals surface area contributed by atoms with Crippen molar-refractivity contribution in [1.29, 1.82) is 0 Å². The summed E-state index contributed by atoms with van der Waals surface area (Å²) in [7, 11) is 0. The van der Waals surface area contributed by atoms with Crippen LogP contribution in [0.4, 0.5) is 6.01 Å². The lowest BCUT2D eigenvalue weighted by Gasteiger charge is -2.01. The quantitative estimate of drug-likeness (QED) is 0.769. The molecule has 0 aliphatic carbocycles. The van der Waals surface area contributed by atoms with Gasteiger partial charge in [0.05, 0.1) is 12.7 Å². The summed E-state index contributed by atoms with van der Waals surface area (Å²) in [6.45, 7) is 3.16. The average molecular weight is 269 g/mol. The molecule has 2 aromatic heterocycles. The third kappa shape index (κ3) is 3.03. The first kappa shape index (κ1) is 12.4. The van der Waals surface area contributed by atoms with Crippen molar-refractivity contribution in [1.82, 2.24) is 19.9 Å². The number of rotatable bonds is 5. The van der Waals surface area contributed by atoms with Crippen LogP contribution < -0.4 is 5.32 Å². The third-order valence-corrected chi connectivity index (χ3v) is 2.85. The summed E-state index contributed by atoms with van der Waals surface area (Å²) in [6, 6.07) is 10.7. The number of hydrogen-bond acceptors (Lipinski definition) is 5. The Kier molecular flexibility index (Phi) is 3.45. The van der Waals surface area contributed by atoms with Gasteiger partial charge in [0.15, 0.2) is 5.82 Å². The summed E-state index contributed by atoms with van der Waals surface area (Å²) in [5.74, 6) is 0.618. The fraction of sp³-hybridized carbons (Fsp3) is 0.214. The van der Waals surface area contributed by atoms with Crippen LogP contribution in [0.5, 0.6) is 0 Å². The molecule has 0 amide bonds. The van der Waals surface area contributed by atoms with Crippen LogP contribution in [0.15, 0.2) is 47.2 Å². The first-order chi connectivity index (χ1) is 9.79. The second-order valence-electron chi connectivity index (χ2n) is 4.53. The van der Waals surface area contributed by atoms with Gasteiger partial charge in [-0.3, -0.25) is 4.68 Å². The molecular weight excluding hydrogens is 254 g/mol. The minimum atomic E-state index is 0.429. The summed E-state index contributed by atoms with van der Waals surface area (Å²) < 4.78 is 6.90. The number of benzene rings is 1. The van der Waals surface area contributed by atoms with Gasteiger partial charge in [-0.25, -0.2) is 0 Å². The summed E-state index contributed by atoms with van der Waals surface area (Å²) >= 11 is 0. The number of aryl methyl sites for hydroxylation is 1. The summed E-state index contributed by atoms with van der Waals surface area (Å²) in [5.41, 5.74) is 2.29. The van der Waals surface area contributed by atoms with Gasteiger partial charge in [-0.05, 0) is 12.5 Å². The number of nitrogens with one attached hydrogen (secondary N) is 1. The van der Waals surface area contributed by atoms with E-state index in [4.69, 9.17) is 4.52 Å². The van der Waals surface area contributed by atoms with Gasteiger partial charge in [-0.2, -0.15) is 10.1 Å². The van der Waals surface area contributed by atoms with Crippen LogP contribution in [-0.2, 0) is 13.1 Å². The van der Waals surface area contributed by atoms with E-state index in [1.54, 1.807) is 6.92 Å². The summed E-state index contributed by atoms with van der Waals surface area (Å²) in [5, 5.41) is 11.1. The Labute approximate surface area is 116 Å². The molecule has 3 aromatic rings. The Hall–Kier alpha value is -2.63. The topological polar surface area (TPSA) is 68.8 Å². The van der Waals surface area contributed by atoms with Gasteiger partial charge in [-0.1, -0.05) is 35.5 Å². The zero-order chi connectivity index (χ0) is 13.8. The van der Waals surface area contributed by atoms with Crippen LogP contribution in [0, 0.1) is 6.92 Å². The molecule has 0 radical (unpaired) electrons. The van der Waals surface area contributed by atoms with Crippen LogP contribution in [-0.4, -0.2) is 19.9 Å². The Bertz CT molecular complexity index is 674. The van der Waals surface area contributed by atoms with Crippen LogP contribution >= 0.6 is 0 Å². The highest BCUT2D eigenvalue weighted by Crippen LogP contribution is 2.07. The highest BCUT2D eigenvalue weighted by molar-refractivity contribution is 5.21. The molecule has 20 heavy (non-hydrogen) atoms. The lowest BCUT2D eigenvalue weighted by Crippen LogP contribution is -2.00. The molecule has 2 heterocycles. The van der Waals surface area contributed by atoms with Crippen molar-refractivity contribution in [2.75, 3.05) is 5.32 Å². The van der Waals surface area contributed by atoms with Gasteiger partial charge in [0.25, 0.3) is 0 Å². The molecule has 0 bridgehead atoms. The molecule has 0 saturated carbocycles. The third-order valence-electron chi connectivity index (χ3n) is 2.85. The normalized spacial score (nSPS) is 10.7. The minimum Gasteiger partial charge on any atom is -0.334 e. The molecule has 0 atom stereocenters. The number of nitrogens with zero attached hydrogens (tertiary/aromatic N) is 4. The molecule has 102 valence electrons. The second kappa shape index (κ2) is 5.56. The monoisotopic (exact) mass is 269 g/mol. The van der Waals surface area contributed by atoms with E-state index in [1.807, 2.05) is 35.3 Å². The van der Waals surface area contributed by atoms with Crippen LogP contribution in [0.3, 0.4) is 0 Å². The maximum absolute atomic E-state index is 4.99. The molecule has 3 rings (SSSR count). The van der Waals surface area contributed by atoms with Crippen LogP contribution in [0.25, 0.3) is 0 Å². The summed E-state index contributed by atoms with van der Waals surface area (Å²) in [4.78, 5) is 4.08. The Morgan fingerprint density at radius 3 is 2.80 bits per heavy atom. The minimum absolute atomic E-state index is 0.429. The lowest BCUT2D eigenvalue weighted by atomic mass is 10.2. The first-order valence-corrected chi connectivity index (χ1v) is 6.39. The highest BCUT2D eigenvalue weighted by atomic mass is 16.5.